The number of para-hydroxylation sites is 2. The maximum absolute atomic E-state index is 11.8. The number of esters is 1. The van der Waals surface area contributed by atoms with Crippen LogP contribution in [0.1, 0.15) is 19.8 Å². The van der Waals surface area contributed by atoms with Crippen molar-refractivity contribution in [1.29, 1.82) is 0 Å². The average Bonchev–Trinajstić information content (AvgIpc) is 2.65. The van der Waals surface area contributed by atoms with Crippen molar-refractivity contribution in [2.45, 2.75) is 26.3 Å². The molecule has 19 heavy (non-hydrogen) atoms. The number of aromatic nitrogens is 2. The number of fused-ring (bicyclic) bond motifs is 1. The van der Waals surface area contributed by atoms with Gasteiger partial charge in [0, 0.05) is 0 Å². The van der Waals surface area contributed by atoms with Crippen LogP contribution < -0.4 is 10.3 Å². The zero-order chi connectivity index (χ0) is 13.8. The van der Waals surface area contributed by atoms with Crippen LogP contribution in [0, 0.1) is 0 Å². The van der Waals surface area contributed by atoms with Gasteiger partial charge in [0.2, 0.25) is 0 Å². The van der Waals surface area contributed by atoms with Gasteiger partial charge >= 0.3 is 11.9 Å². The summed E-state index contributed by atoms with van der Waals surface area (Å²) in [5.74, 6) is 0.301. The summed E-state index contributed by atoms with van der Waals surface area (Å²) in [6.45, 7) is 2.68. The summed E-state index contributed by atoms with van der Waals surface area (Å²) in [5, 5.41) is 0. The minimum Gasteiger partial charge on any atom is -0.463 e. The molecule has 5 heteroatoms. The number of nitrogen functional groups attached to an aromatic ring is 1. The number of benzene rings is 1. The van der Waals surface area contributed by atoms with Crippen molar-refractivity contribution < 1.29 is 14.1 Å². The van der Waals surface area contributed by atoms with Crippen LogP contribution in [0.25, 0.3) is 11.0 Å². The van der Waals surface area contributed by atoms with Crippen LogP contribution in [0.4, 0.5) is 5.95 Å². The lowest BCUT2D eigenvalue weighted by Crippen LogP contribution is -2.32. The van der Waals surface area contributed by atoms with Crippen molar-refractivity contribution in [2.75, 3.05) is 12.3 Å². The molecule has 0 aliphatic heterocycles. The van der Waals surface area contributed by atoms with Gasteiger partial charge in [0.15, 0.2) is 6.54 Å². The predicted octanol–water partition coefficient (Wildman–Crippen LogP) is 1.39. The van der Waals surface area contributed by atoms with E-state index in [2.05, 4.69) is 6.92 Å². The number of hydrogen-bond donors (Lipinski definition) is 1. The predicted molar refractivity (Wildman–Crippen MR) is 73.4 cm³/mol. The Morgan fingerprint density at radius 2 is 2.16 bits per heavy atom. The van der Waals surface area contributed by atoms with Crippen molar-refractivity contribution in [3.63, 3.8) is 0 Å². The van der Waals surface area contributed by atoms with E-state index in [1.807, 2.05) is 35.9 Å². The van der Waals surface area contributed by atoms with Crippen molar-refractivity contribution in [3.05, 3.63) is 24.3 Å². The van der Waals surface area contributed by atoms with Crippen molar-refractivity contribution >= 4 is 23.0 Å². The second-order valence-electron chi connectivity index (χ2n) is 4.57. The molecule has 0 fully saturated rings. The molecule has 0 aliphatic carbocycles. The number of unbranched alkanes of at least 4 members (excludes halogenated alkanes) is 1. The van der Waals surface area contributed by atoms with E-state index in [-0.39, 0.29) is 12.5 Å². The highest BCUT2D eigenvalue weighted by atomic mass is 16.5. The molecule has 0 saturated heterocycles. The number of carbonyl (C=O) groups is 1. The van der Waals surface area contributed by atoms with E-state index in [0.717, 1.165) is 23.9 Å². The van der Waals surface area contributed by atoms with E-state index in [9.17, 15) is 4.79 Å². The van der Waals surface area contributed by atoms with Crippen LogP contribution in [0.2, 0.25) is 0 Å². The van der Waals surface area contributed by atoms with E-state index in [4.69, 9.17) is 10.5 Å². The Morgan fingerprint density at radius 1 is 1.42 bits per heavy atom. The molecule has 0 bridgehead atoms. The molecule has 0 aliphatic rings. The molecular formula is C14H20N3O2+. The second kappa shape index (κ2) is 5.73. The standard InChI is InChI=1S/C14H19N3O2/c1-3-4-9-19-13(18)10-17-12-8-6-5-7-11(12)16(2)14(17)15/h5-8,15H,3-4,9-10H2,1-2H3/p+1. The fourth-order valence-electron chi connectivity index (χ4n) is 2.08. The third-order valence-corrected chi connectivity index (χ3v) is 3.20. The average molecular weight is 262 g/mol. The molecule has 2 aromatic rings. The fourth-order valence-corrected chi connectivity index (χ4v) is 2.08. The monoisotopic (exact) mass is 262 g/mol. The summed E-state index contributed by atoms with van der Waals surface area (Å²) in [7, 11) is 1.89. The van der Waals surface area contributed by atoms with E-state index in [1.165, 1.54) is 0 Å². The lowest BCUT2D eigenvalue weighted by atomic mass is 10.3. The minimum atomic E-state index is -0.249. The van der Waals surface area contributed by atoms with Crippen LogP contribution in [0.15, 0.2) is 24.3 Å². The first-order chi connectivity index (χ1) is 9.15. The Hall–Kier alpha value is -2.04. The van der Waals surface area contributed by atoms with E-state index in [0.29, 0.717) is 12.6 Å². The highest BCUT2D eigenvalue weighted by Gasteiger charge is 2.20. The number of ether oxygens (including phenoxy) is 1. The molecule has 0 spiro atoms. The lowest BCUT2D eigenvalue weighted by Gasteiger charge is -2.03. The third kappa shape index (κ3) is 2.70. The maximum Gasteiger partial charge on any atom is 0.356 e. The molecule has 0 unspecified atom stereocenters. The quantitative estimate of drug-likeness (QED) is 0.503. The van der Waals surface area contributed by atoms with Gasteiger partial charge in [-0.15, -0.1) is 0 Å². The molecule has 0 atom stereocenters. The third-order valence-electron chi connectivity index (χ3n) is 3.20. The molecule has 0 amide bonds. The summed E-state index contributed by atoms with van der Waals surface area (Å²) >= 11 is 0. The lowest BCUT2D eigenvalue weighted by molar-refractivity contribution is -0.630. The molecule has 0 saturated carbocycles. The minimum absolute atomic E-state index is 0.150. The highest BCUT2D eigenvalue weighted by molar-refractivity contribution is 5.77. The van der Waals surface area contributed by atoms with E-state index in [1.54, 1.807) is 4.57 Å². The Balaban J connectivity index is 2.21. The maximum atomic E-state index is 11.8. The Morgan fingerprint density at radius 3 is 2.89 bits per heavy atom. The van der Waals surface area contributed by atoms with E-state index >= 15 is 0 Å². The van der Waals surface area contributed by atoms with E-state index < -0.39 is 0 Å². The van der Waals surface area contributed by atoms with Crippen molar-refractivity contribution in [1.82, 2.24) is 4.57 Å². The zero-order valence-electron chi connectivity index (χ0n) is 11.4. The molecule has 2 N–H and O–H groups in total. The number of imidazole rings is 1. The molecular weight excluding hydrogens is 242 g/mol. The Kier molecular flexibility index (Phi) is 4.04. The number of aryl methyl sites for hydroxylation is 1. The van der Waals surface area contributed by atoms with Gasteiger partial charge in [0.05, 0.1) is 13.7 Å². The molecule has 102 valence electrons. The Bertz CT molecular complexity index is 590. The van der Waals surface area contributed by atoms with Crippen LogP contribution in [0.5, 0.6) is 0 Å². The van der Waals surface area contributed by atoms with Crippen molar-refractivity contribution in [2.24, 2.45) is 7.05 Å². The zero-order valence-corrected chi connectivity index (χ0v) is 11.4. The molecule has 2 rings (SSSR count). The molecule has 5 nitrogen and oxygen atoms in total. The first-order valence-electron chi connectivity index (χ1n) is 6.53. The summed E-state index contributed by atoms with van der Waals surface area (Å²) in [6.07, 6.45) is 1.90. The number of carbonyl (C=O) groups excluding carboxylic acids is 1. The van der Waals surface area contributed by atoms with Crippen LogP contribution in [0.3, 0.4) is 0 Å². The molecule has 1 aromatic carbocycles. The number of nitrogens with zero attached hydrogens (tertiary/aromatic N) is 2. The molecule has 1 aromatic heterocycles. The van der Waals surface area contributed by atoms with Gasteiger partial charge in [0.25, 0.3) is 0 Å². The Labute approximate surface area is 112 Å². The van der Waals surface area contributed by atoms with Gasteiger partial charge in [-0.3, -0.25) is 5.73 Å². The summed E-state index contributed by atoms with van der Waals surface area (Å²) < 4.78 is 8.83. The largest absolute Gasteiger partial charge is 0.463 e. The summed E-state index contributed by atoms with van der Waals surface area (Å²) in [6, 6.07) is 7.81. The summed E-state index contributed by atoms with van der Waals surface area (Å²) in [4.78, 5) is 11.8. The summed E-state index contributed by atoms with van der Waals surface area (Å²) in [5.41, 5.74) is 7.98. The normalized spacial score (nSPS) is 10.8. The SMILES string of the molecule is CCCCOC(=O)Cn1c(N)[n+](C)c2ccccc21. The first kappa shape index (κ1) is 13.4. The van der Waals surface area contributed by atoms with Gasteiger partial charge in [-0.05, 0) is 18.6 Å². The van der Waals surface area contributed by atoms with Crippen LogP contribution in [-0.4, -0.2) is 17.1 Å². The van der Waals surface area contributed by atoms with Gasteiger partial charge in [-0.1, -0.05) is 25.5 Å². The number of anilines is 1. The first-order valence-corrected chi connectivity index (χ1v) is 6.53. The van der Waals surface area contributed by atoms with Crippen LogP contribution >= 0.6 is 0 Å². The smallest absolute Gasteiger partial charge is 0.356 e. The molecule has 0 radical (unpaired) electrons. The topological polar surface area (TPSA) is 61.1 Å². The molecule has 1 heterocycles. The fraction of sp³-hybridized carbons (Fsp3) is 0.429. The second-order valence-corrected chi connectivity index (χ2v) is 4.57. The van der Waals surface area contributed by atoms with Gasteiger partial charge < -0.3 is 4.74 Å². The number of rotatable bonds is 5. The van der Waals surface area contributed by atoms with Gasteiger partial charge in [-0.25, -0.2) is 13.9 Å². The number of nitrogens with two attached hydrogens (primary N) is 1. The highest BCUT2D eigenvalue weighted by Crippen LogP contribution is 2.15. The van der Waals surface area contributed by atoms with Crippen molar-refractivity contribution in [3.8, 4) is 0 Å². The van der Waals surface area contributed by atoms with Crippen LogP contribution in [-0.2, 0) is 23.1 Å². The van der Waals surface area contributed by atoms with Gasteiger partial charge in [0.1, 0.15) is 11.0 Å². The number of hydrogen-bond acceptors (Lipinski definition) is 3. The van der Waals surface area contributed by atoms with Gasteiger partial charge in [-0.2, -0.15) is 0 Å².